The molecule has 0 spiro atoms. The van der Waals surface area contributed by atoms with E-state index in [1.54, 1.807) is 24.5 Å². The fourth-order valence-electron chi connectivity index (χ4n) is 2.10. The van der Waals surface area contributed by atoms with Crippen molar-refractivity contribution < 1.29 is 14.3 Å². The monoisotopic (exact) mass is 274 g/mol. The van der Waals surface area contributed by atoms with Crippen LogP contribution in [0.25, 0.3) is 5.65 Å². The fraction of sp³-hybridized carbons (Fsp3) is 0.385. The molecule has 1 aliphatic rings. The average Bonchev–Trinajstić information content (AvgIpc) is 3.14. The van der Waals surface area contributed by atoms with E-state index in [1.165, 1.54) is 11.6 Å². The summed E-state index contributed by atoms with van der Waals surface area (Å²) < 4.78 is 6.27. The number of rotatable bonds is 4. The lowest BCUT2D eigenvalue weighted by Crippen LogP contribution is -2.35. The summed E-state index contributed by atoms with van der Waals surface area (Å²) in [5.41, 5.74) is 0.345. The first-order chi connectivity index (χ1) is 9.64. The van der Waals surface area contributed by atoms with E-state index >= 15 is 0 Å². The summed E-state index contributed by atoms with van der Waals surface area (Å²) in [5, 5.41) is 6.86. The van der Waals surface area contributed by atoms with Gasteiger partial charge in [-0.3, -0.25) is 9.59 Å². The Morgan fingerprint density at radius 1 is 1.50 bits per heavy atom. The molecule has 0 unspecified atom stereocenters. The van der Waals surface area contributed by atoms with Gasteiger partial charge in [0.15, 0.2) is 11.3 Å². The molecule has 0 saturated heterocycles. The number of carbonyl (C=O) groups is 2. The Morgan fingerprint density at radius 3 is 2.95 bits per heavy atom. The topological polar surface area (TPSA) is 85.6 Å². The third-order valence-electron chi connectivity index (χ3n) is 3.53. The van der Waals surface area contributed by atoms with Gasteiger partial charge in [-0.05, 0) is 18.9 Å². The maximum atomic E-state index is 12.0. The molecule has 0 bridgehead atoms. The molecule has 2 aromatic heterocycles. The Morgan fingerprint density at radius 2 is 2.30 bits per heavy atom. The van der Waals surface area contributed by atoms with E-state index in [2.05, 4.69) is 15.4 Å². The lowest BCUT2D eigenvalue weighted by molar-refractivity contribution is -0.146. The van der Waals surface area contributed by atoms with E-state index in [0.717, 1.165) is 12.8 Å². The van der Waals surface area contributed by atoms with Crippen LogP contribution < -0.4 is 5.32 Å². The molecule has 0 radical (unpaired) electrons. The number of ether oxygens (including phenoxy) is 1. The van der Waals surface area contributed by atoms with Gasteiger partial charge in [0.25, 0.3) is 5.91 Å². The first-order valence-corrected chi connectivity index (χ1v) is 6.32. The van der Waals surface area contributed by atoms with Crippen LogP contribution in [0.3, 0.4) is 0 Å². The highest BCUT2D eigenvalue weighted by Gasteiger charge is 2.51. The zero-order valence-corrected chi connectivity index (χ0v) is 11.0. The van der Waals surface area contributed by atoms with Gasteiger partial charge in [-0.25, -0.2) is 9.50 Å². The summed E-state index contributed by atoms with van der Waals surface area (Å²) in [6.45, 7) is 0.278. The smallest absolute Gasteiger partial charge is 0.313 e. The lowest BCUT2D eigenvalue weighted by atomic mass is 10.1. The van der Waals surface area contributed by atoms with Crippen LogP contribution >= 0.6 is 0 Å². The van der Waals surface area contributed by atoms with Crippen LogP contribution in [0.4, 0.5) is 0 Å². The van der Waals surface area contributed by atoms with Crippen molar-refractivity contribution in [1.82, 2.24) is 19.9 Å². The molecule has 1 N–H and O–H groups in total. The summed E-state index contributed by atoms with van der Waals surface area (Å²) in [6.07, 6.45) is 4.84. The first-order valence-electron chi connectivity index (χ1n) is 6.32. The van der Waals surface area contributed by atoms with Crippen LogP contribution in [0.1, 0.15) is 23.3 Å². The molecule has 2 heterocycles. The average molecular weight is 274 g/mol. The van der Waals surface area contributed by atoms with Gasteiger partial charge in [-0.2, -0.15) is 5.10 Å². The van der Waals surface area contributed by atoms with Crippen molar-refractivity contribution in [2.45, 2.75) is 12.8 Å². The standard InChI is InChI=1S/C13H14N4O3/c1-20-12(19)13(3-4-13)8-15-11(18)9-7-10-14-5-2-6-17(10)16-9/h2,5-7H,3-4,8H2,1H3,(H,15,18). The van der Waals surface area contributed by atoms with E-state index < -0.39 is 5.41 Å². The predicted octanol–water partition coefficient (Wildman–Crippen LogP) is 0.412. The van der Waals surface area contributed by atoms with Gasteiger partial charge in [0.2, 0.25) is 0 Å². The third-order valence-corrected chi connectivity index (χ3v) is 3.53. The normalized spacial score (nSPS) is 15.8. The van der Waals surface area contributed by atoms with Gasteiger partial charge in [0.1, 0.15) is 0 Å². The molecular weight excluding hydrogens is 260 g/mol. The number of fused-ring (bicyclic) bond motifs is 1. The Bertz CT molecular complexity index is 642. The maximum Gasteiger partial charge on any atom is 0.313 e. The van der Waals surface area contributed by atoms with Gasteiger partial charge in [-0.15, -0.1) is 0 Å². The largest absolute Gasteiger partial charge is 0.469 e. The molecular formula is C13H14N4O3. The number of nitrogens with one attached hydrogen (secondary N) is 1. The number of nitrogens with zero attached hydrogens (tertiary/aromatic N) is 3. The molecule has 7 nitrogen and oxygen atoms in total. The molecule has 1 aliphatic carbocycles. The molecule has 2 aromatic rings. The molecule has 1 fully saturated rings. The second-order valence-electron chi connectivity index (χ2n) is 4.91. The minimum absolute atomic E-state index is 0.269. The van der Waals surface area contributed by atoms with Crippen molar-refractivity contribution >= 4 is 17.5 Å². The van der Waals surface area contributed by atoms with E-state index in [4.69, 9.17) is 4.74 Å². The SMILES string of the molecule is COC(=O)C1(CNC(=O)c2cc3ncccn3n2)CC1. The molecule has 0 atom stereocenters. The van der Waals surface area contributed by atoms with E-state index in [9.17, 15) is 9.59 Å². The second kappa shape index (κ2) is 4.59. The van der Waals surface area contributed by atoms with E-state index in [0.29, 0.717) is 5.65 Å². The van der Waals surface area contributed by atoms with Crippen molar-refractivity contribution in [2.24, 2.45) is 5.41 Å². The minimum Gasteiger partial charge on any atom is -0.469 e. The highest BCUT2D eigenvalue weighted by atomic mass is 16.5. The second-order valence-corrected chi connectivity index (χ2v) is 4.91. The molecule has 0 aromatic carbocycles. The van der Waals surface area contributed by atoms with E-state index in [-0.39, 0.29) is 24.1 Å². The molecule has 1 amide bonds. The van der Waals surface area contributed by atoms with Gasteiger partial charge >= 0.3 is 5.97 Å². The minimum atomic E-state index is -0.540. The van der Waals surface area contributed by atoms with Gasteiger partial charge in [0.05, 0.1) is 12.5 Å². The van der Waals surface area contributed by atoms with Gasteiger partial charge < -0.3 is 10.1 Å². The summed E-state index contributed by atoms with van der Waals surface area (Å²) in [4.78, 5) is 27.7. The van der Waals surface area contributed by atoms with Crippen LogP contribution in [-0.2, 0) is 9.53 Å². The maximum absolute atomic E-state index is 12.0. The van der Waals surface area contributed by atoms with Gasteiger partial charge in [-0.1, -0.05) is 0 Å². The Labute approximate surface area is 114 Å². The highest BCUT2D eigenvalue weighted by molar-refractivity contribution is 5.93. The van der Waals surface area contributed by atoms with Crippen molar-refractivity contribution in [3.8, 4) is 0 Å². The lowest BCUT2D eigenvalue weighted by Gasteiger charge is -2.12. The molecule has 0 aliphatic heterocycles. The predicted molar refractivity (Wildman–Crippen MR) is 69.0 cm³/mol. The van der Waals surface area contributed by atoms with Crippen molar-refractivity contribution in [2.75, 3.05) is 13.7 Å². The van der Waals surface area contributed by atoms with Crippen molar-refractivity contribution in [1.29, 1.82) is 0 Å². The number of methoxy groups -OCH3 is 1. The summed E-state index contributed by atoms with van der Waals surface area (Å²) in [7, 11) is 1.36. The molecule has 20 heavy (non-hydrogen) atoms. The number of esters is 1. The Hall–Kier alpha value is -2.44. The van der Waals surface area contributed by atoms with Crippen LogP contribution in [-0.4, -0.2) is 40.1 Å². The fourth-order valence-corrected chi connectivity index (χ4v) is 2.10. The molecule has 1 saturated carbocycles. The van der Waals surface area contributed by atoms with Gasteiger partial charge in [0, 0.05) is 25.0 Å². The molecule has 7 heteroatoms. The number of amides is 1. The van der Waals surface area contributed by atoms with Crippen LogP contribution in [0, 0.1) is 5.41 Å². The third kappa shape index (κ3) is 2.11. The zero-order chi connectivity index (χ0) is 14.2. The van der Waals surface area contributed by atoms with E-state index in [1.807, 2.05) is 0 Å². The van der Waals surface area contributed by atoms with Crippen molar-refractivity contribution in [3.63, 3.8) is 0 Å². The summed E-state index contributed by atoms with van der Waals surface area (Å²) in [6, 6.07) is 3.34. The van der Waals surface area contributed by atoms with Crippen LogP contribution in [0.5, 0.6) is 0 Å². The number of carbonyl (C=O) groups excluding carboxylic acids is 2. The van der Waals surface area contributed by atoms with Crippen molar-refractivity contribution in [3.05, 3.63) is 30.2 Å². The van der Waals surface area contributed by atoms with Crippen LogP contribution in [0.2, 0.25) is 0 Å². The highest BCUT2D eigenvalue weighted by Crippen LogP contribution is 2.46. The summed E-state index contributed by atoms with van der Waals surface area (Å²) in [5.74, 6) is -0.583. The first kappa shape index (κ1) is 12.6. The Kier molecular flexibility index (Phi) is 2.89. The molecule has 104 valence electrons. The zero-order valence-electron chi connectivity index (χ0n) is 11.0. The number of aromatic nitrogens is 3. The van der Waals surface area contributed by atoms with Crippen LogP contribution in [0.15, 0.2) is 24.5 Å². The quantitative estimate of drug-likeness (QED) is 0.816. The number of hydrogen-bond acceptors (Lipinski definition) is 5. The summed E-state index contributed by atoms with van der Waals surface area (Å²) >= 11 is 0. The molecule has 3 rings (SSSR count). The Balaban J connectivity index is 1.69. The number of hydrogen-bond donors (Lipinski definition) is 1.